The number of halogens is 1. The first-order valence-corrected chi connectivity index (χ1v) is 10.3. The molecule has 2 atom stereocenters. The smallest absolute Gasteiger partial charge is 0.228 e. The van der Waals surface area contributed by atoms with Gasteiger partial charge >= 0.3 is 0 Å². The average Bonchev–Trinajstić information content (AvgIpc) is 2.51. The van der Waals surface area contributed by atoms with Gasteiger partial charge in [-0.05, 0) is 63.2 Å². The summed E-state index contributed by atoms with van der Waals surface area (Å²) in [4.78, 5) is 29.3. The van der Waals surface area contributed by atoms with E-state index in [-0.39, 0.29) is 21.6 Å². The highest BCUT2D eigenvalue weighted by molar-refractivity contribution is 9.10. The zero-order valence-electron chi connectivity index (χ0n) is 14.9. The second-order valence-corrected chi connectivity index (χ2v) is 10.9. The molecule has 0 aromatic rings. The van der Waals surface area contributed by atoms with Crippen LogP contribution in [0.4, 0.5) is 0 Å². The molecular weight excluding hydrogens is 368 g/mol. The Bertz CT molecular complexity index is 540. The fourth-order valence-corrected chi connectivity index (χ4v) is 7.88. The number of alkyl halides is 1. The van der Waals surface area contributed by atoms with Gasteiger partial charge in [-0.25, -0.2) is 0 Å². The summed E-state index contributed by atoms with van der Waals surface area (Å²) in [6.07, 6.45) is 8.74. The van der Waals surface area contributed by atoms with Crippen molar-refractivity contribution in [3.63, 3.8) is 0 Å². The van der Waals surface area contributed by atoms with Crippen molar-refractivity contribution in [2.24, 2.45) is 23.2 Å². The Morgan fingerprint density at radius 2 is 1.62 bits per heavy atom. The SMILES string of the molecule is CN(C)C(=O)C1CCN(C(=O)C23CC4CC(CC(Br)(C4)C2)C3)CC1. The van der Waals surface area contributed by atoms with Gasteiger partial charge in [0, 0.05) is 37.4 Å². The van der Waals surface area contributed by atoms with Gasteiger partial charge in [-0.1, -0.05) is 15.9 Å². The fraction of sp³-hybridized carbons (Fsp3) is 0.895. The molecule has 4 saturated carbocycles. The number of carbonyl (C=O) groups is 2. The third-order valence-corrected chi connectivity index (χ3v) is 7.94. The van der Waals surface area contributed by atoms with Crippen LogP contribution in [0.15, 0.2) is 0 Å². The van der Waals surface area contributed by atoms with E-state index in [0.29, 0.717) is 5.91 Å². The Hall–Kier alpha value is -0.580. The Labute approximate surface area is 153 Å². The monoisotopic (exact) mass is 396 g/mol. The quantitative estimate of drug-likeness (QED) is 0.672. The van der Waals surface area contributed by atoms with E-state index in [1.165, 1.54) is 19.3 Å². The second-order valence-electron chi connectivity index (χ2n) is 9.19. The van der Waals surface area contributed by atoms with Crippen LogP contribution in [-0.2, 0) is 9.59 Å². The molecular formula is C19H29BrN2O2. The van der Waals surface area contributed by atoms with Crippen molar-refractivity contribution in [2.75, 3.05) is 27.2 Å². The zero-order valence-corrected chi connectivity index (χ0v) is 16.5. The predicted octanol–water partition coefficient (Wildman–Crippen LogP) is 3.05. The van der Waals surface area contributed by atoms with Crippen LogP contribution in [0.2, 0.25) is 0 Å². The lowest BCUT2D eigenvalue weighted by atomic mass is 9.49. The van der Waals surface area contributed by atoms with E-state index in [9.17, 15) is 9.59 Å². The van der Waals surface area contributed by atoms with Crippen molar-refractivity contribution in [1.29, 1.82) is 0 Å². The highest BCUT2D eigenvalue weighted by Crippen LogP contribution is 2.64. The first-order valence-electron chi connectivity index (χ1n) is 9.50. The number of hydrogen-bond acceptors (Lipinski definition) is 2. The molecule has 4 aliphatic carbocycles. The molecule has 4 bridgehead atoms. The van der Waals surface area contributed by atoms with Gasteiger partial charge in [0.15, 0.2) is 0 Å². The molecule has 0 spiro atoms. The van der Waals surface area contributed by atoms with E-state index in [1.54, 1.807) is 4.90 Å². The normalized spacial score (nSPS) is 41.5. The molecule has 2 amide bonds. The zero-order chi connectivity index (χ0) is 17.1. The maximum Gasteiger partial charge on any atom is 0.228 e. The number of piperidine rings is 1. The van der Waals surface area contributed by atoms with Crippen molar-refractivity contribution in [1.82, 2.24) is 9.80 Å². The van der Waals surface area contributed by atoms with Crippen molar-refractivity contribution in [3.05, 3.63) is 0 Å². The third kappa shape index (κ3) is 2.71. The standard InChI is InChI=1S/C19H29BrN2O2/c1-21(2)16(23)15-3-5-22(6-4-15)17(24)18-8-13-7-14(9-18)11-19(20,10-13)12-18/h13-15H,3-12H2,1-2H3. The summed E-state index contributed by atoms with van der Waals surface area (Å²) < 4.78 is 0.228. The number of rotatable bonds is 2. The van der Waals surface area contributed by atoms with E-state index in [1.807, 2.05) is 14.1 Å². The fourth-order valence-electron chi connectivity index (χ4n) is 6.43. The van der Waals surface area contributed by atoms with E-state index in [0.717, 1.165) is 57.0 Å². The Morgan fingerprint density at radius 3 is 2.12 bits per heavy atom. The van der Waals surface area contributed by atoms with E-state index >= 15 is 0 Å². The summed E-state index contributed by atoms with van der Waals surface area (Å²) in [5.74, 6) is 2.19. The molecule has 2 unspecified atom stereocenters. The van der Waals surface area contributed by atoms with Crippen LogP contribution in [0, 0.1) is 23.2 Å². The van der Waals surface area contributed by atoms with Crippen LogP contribution in [0.5, 0.6) is 0 Å². The van der Waals surface area contributed by atoms with Crippen LogP contribution in [0.25, 0.3) is 0 Å². The van der Waals surface area contributed by atoms with Crippen LogP contribution in [-0.4, -0.2) is 53.1 Å². The minimum Gasteiger partial charge on any atom is -0.349 e. The molecule has 0 N–H and O–H groups in total. The minimum atomic E-state index is -0.105. The van der Waals surface area contributed by atoms with Gasteiger partial charge in [0.1, 0.15) is 0 Å². The van der Waals surface area contributed by atoms with Gasteiger partial charge in [0.2, 0.25) is 11.8 Å². The van der Waals surface area contributed by atoms with Crippen molar-refractivity contribution < 1.29 is 9.59 Å². The van der Waals surface area contributed by atoms with Crippen LogP contribution in [0.3, 0.4) is 0 Å². The number of hydrogen-bond donors (Lipinski definition) is 0. The largest absolute Gasteiger partial charge is 0.349 e. The van der Waals surface area contributed by atoms with Crippen LogP contribution in [0.1, 0.15) is 51.4 Å². The Balaban J connectivity index is 1.45. The lowest BCUT2D eigenvalue weighted by Crippen LogP contribution is -2.59. The van der Waals surface area contributed by atoms with Crippen molar-refractivity contribution >= 4 is 27.7 Å². The van der Waals surface area contributed by atoms with Crippen molar-refractivity contribution in [3.8, 4) is 0 Å². The van der Waals surface area contributed by atoms with Gasteiger partial charge in [0.05, 0.1) is 5.41 Å². The maximum absolute atomic E-state index is 13.4. The lowest BCUT2D eigenvalue weighted by Gasteiger charge is -2.60. The van der Waals surface area contributed by atoms with Gasteiger partial charge in [0.25, 0.3) is 0 Å². The summed E-state index contributed by atoms with van der Waals surface area (Å²) in [5, 5.41) is 0. The van der Waals surface area contributed by atoms with E-state index in [4.69, 9.17) is 0 Å². The molecule has 5 fully saturated rings. The summed E-state index contributed by atoms with van der Waals surface area (Å²) in [6, 6.07) is 0. The molecule has 1 aliphatic heterocycles. The summed E-state index contributed by atoms with van der Waals surface area (Å²) >= 11 is 4.01. The van der Waals surface area contributed by atoms with E-state index < -0.39 is 0 Å². The number of carbonyl (C=O) groups excluding carboxylic acids is 2. The maximum atomic E-state index is 13.4. The molecule has 24 heavy (non-hydrogen) atoms. The van der Waals surface area contributed by atoms with Gasteiger partial charge in [-0.3, -0.25) is 9.59 Å². The molecule has 5 rings (SSSR count). The van der Waals surface area contributed by atoms with Gasteiger partial charge in [-0.2, -0.15) is 0 Å². The molecule has 134 valence electrons. The van der Waals surface area contributed by atoms with Gasteiger partial charge in [-0.15, -0.1) is 0 Å². The van der Waals surface area contributed by atoms with Gasteiger partial charge < -0.3 is 9.80 Å². The molecule has 5 aliphatic rings. The number of nitrogens with zero attached hydrogens (tertiary/aromatic N) is 2. The average molecular weight is 397 g/mol. The summed E-state index contributed by atoms with van der Waals surface area (Å²) in [7, 11) is 3.65. The number of amides is 2. The highest BCUT2D eigenvalue weighted by Gasteiger charge is 2.60. The minimum absolute atomic E-state index is 0.0999. The Morgan fingerprint density at radius 1 is 1.04 bits per heavy atom. The Kier molecular flexibility index (Phi) is 4.02. The first kappa shape index (κ1) is 16.9. The third-order valence-electron chi connectivity index (χ3n) is 7.02. The highest BCUT2D eigenvalue weighted by atomic mass is 79.9. The van der Waals surface area contributed by atoms with Crippen LogP contribution >= 0.6 is 15.9 Å². The molecule has 0 radical (unpaired) electrons. The van der Waals surface area contributed by atoms with E-state index in [2.05, 4.69) is 20.8 Å². The molecule has 4 nitrogen and oxygen atoms in total. The van der Waals surface area contributed by atoms with Crippen molar-refractivity contribution in [2.45, 2.75) is 55.7 Å². The molecule has 0 aromatic carbocycles. The number of likely N-dealkylation sites (tertiary alicyclic amines) is 1. The predicted molar refractivity (Wildman–Crippen MR) is 96.8 cm³/mol. The van der Waals surface area contributed by atoms with Crippen LogP contribution < -0.4 is 0 Å². The summed E-state index contributed by atoms with van der Waals surface area (Å²) in [5.41, 5.74) is -0.105. The summed E-state index contributed by atoms with van der Waals surface area (Å²) in [6.45, 7) is 1.52. The topological polar surface area (TPSA) is 40.6 Å². The molecule has 0 aromatic heterocycles. The lowest BCUT2D eigenvalue weighted by molar-refractivity contribution is -0.158. The molecule has 5 heteroatoms. The first-order chi connectivity index (χ1) is 11.3. The molecule has 1 heterocycles. The molecule has 1 saturated heterocycles. The second kappa shape index (κ2) is 5.72.